The van der Waals surface area contributed by atoms with E-state index in [1.807, 2.05) is 93.0 Å². The van der Waals surface area contributed by atoms with Crippen molar-refractivity contribution in [1.82, 2.24) is 14.3 Å². The average Bonchev–Trinajstić information content (AvgIpc) is 3.63. The van der Waals surface area contributed by atoms with Crippen LogP contribution in [0.2, 0.25) is 5.02 Å². The molecule has 47 heavy (non-hydrogen) atoms. The number of esters is 1. The van der Waals surface area contributed by atoms with E-state index in [9.17, 15) is 9.59 Å². The van der Waals surface area contributed by atoms with E-state index in [0.29, 0.717) is 42.6 Å². The Kier molecular flexibility index (Phi) is 9.54. The molecule has 0 bridgehead atoms. The van der Waals surface area contributed by atoms with Gasteiger partial charge in [0.2, 0.25) is 0 Å². The normalized spacial score (nSPS) is 14.7. The van der Waals surface area contributed by atoms with Gasteiger partial charge in [0.15, 0.2) is 4.80 Å². The van der Waals surface area contributed by atoms with E-state index >= 15 is 0 Å². The van der Waals surface area contributed by atoms with Crippen molar-refractivity contribution in [3.8, 4) is 22.7 Å². The molecule has 1 aliphatic rings. The fourth-order valence-corrected chi connectivity index (χ4v) is 7.09. The number of para-hydroxylation sites is 1. The highest BCUT2D eigenvalue weighted by atomic mass is 35.5. The Hall–Kier alpha value is -4.38. The first-order chi connectivity index (χ1) is 22.7. The molecule has 2 aromatic heterocycles. The number of methoxy groups -OCH3 is 1. The van der Waals surface area contributed by atoms with Gasteiger partial charge in [0.1, 0.15) is 11.4 Å². The molecule has 1 unspecified atom stereocenters. The standard InChI is InChI=1S/C36H33ClN4O4S2/c1-21(2)20-45-35(43)31-22(3)38-36-41(33(31)23-11-14-27(46-5)15-12-23)34(42)30(47-36)18-25-19-40(26-9-7-6-8-10-26)39-32(25)24-13-16-29(44-4)28(37)17-24/h6-19,21,33H,20H2,1-5H3. The monoisotopic (exact) mass is 684 g/mol. The maximum Gasteiger partial charge on any atom is 0.338 e. The second kappa shape index (κ2) is 13.8. The molecule has 3 heterocycles. The quantitative estimate of drug-likeness (QED) is 0.127. The molecule has 8 nitrogen and oxygen atoms in total. The summed E-state index contributed by atoms with van der Waals surface area (Å²) in [4.78, 5) is 34.3. The first-order valence-electron chi connectivity index (χ1n) is 15.0. The highest BCUT2D eigenvalue weighted by Crippen LogP contribution is 2.33. The number of hydrogen-bond acceptors (Lipinski definition) is 8. The number of nitrogens with zero attached hydrogens (tertiary/aromatic N) is 4. The number of halogens is 1. The summed E-state index contributed by atoms with van der Waals surface area (Å²) in [6.07, 6.45) is 5.72. The lowest BCUT2D eigenvalue weighted by Crippen LogP contribution is -2.40. The number of carbonyl (C=O) groups is 1. The van der Waals surface area contributed by atoms with E-state index in [2.05, 4.69) is 0 Å². The molecule has 0 fully saturated rings. The van der Waals surface area contributed by atoms with Crippen LogP contribution in [-0.2, 0) is 9.53 Å². The summed E-state index contributed by atoms with van der Waals surface area (Å²) in [5.74, 6) is 0.235. The number of fused-ring (bicyclic) bond motifs is 1. The Balaban J connectivity index is 1.53. The first-order valence-corrected chi connectivity index (χ1v) is 17.4. The van der Waals surface area contributed by atoms with Crippen molar-refractivity contribution in [2.75, 3.05) is 20.0 Å². The molecule has 1 atom stereocenters. The largest absolute Gasteiger partial charge is 0.495 e. The van der Waals surface area contributed by atoms with Gasteiger partial charge in [-0.1, -0.05) is 67.1 Å². The predicted molar refractivity (Wildman–Crippen MR) is 188 cm³/mol. The number of hydrogen-bond donors (Lipinski definition) is 0. The predicted octanol–water partition coefficient (Wildman–Crippen LogP) is 6.67. The minimum atomic E-state index is -0.698. The lowest BCUT2D eigenvalue weighted by atomic mass is 9.96. The van der Waals surface area contributed by atoms with Crippen LogP contribution in [0.5, 0.6) is 5.75 Å². The SMILES string of the molecule is COc1ccc(-c2nn(-c3ccccc3)cc2C=c2sc3n(c2=O)C(c2ccc(SC)cc2)C(C(=O)OCC(C)C)=C(C)N=3)cc1Cl. The van der Waals surface area contributed by atoms with Crippen LogP contribution >= 0.6 is 34.7 Å². The molecule has 0 spiro atoms. The molecule has 11 heteroatoms. The minimum Gasteiger partial charge on any atom is -0.495 e. The number of allylic oxidation sites excluding steroid dienone is 1. The van der Waals surface area contributed by atoms with Crippen molar-refractivity contribution in [3.63, 3.8) is 0 Å². The van der Waals surface area contributed by atoms with E-state index in [4.69, 9.17) is 31.2 Å². The maximum absolute atomic E-state index is 14.4. The van der Waals surface area contributed by atoms with Crippen molar-refractivity contribution >= 4 is 46.7 Å². The zero-order valence-electron chi connectivity index (χ0n) is 26.6. The molecule has 5 aromatic rings. The molecule has 0 radical (unpaired) electrons. The van der Waals surface area contributed by atoms with Crippen LogP contribution in [0.15, 0.2) is 105 Å². The third-order valence-electron chi connectivity index (χ3n) is 7.70. The third kappa shape index (κ3) is 6.58. The highest BCUT2D eigenvalue weighted by molar-refractivity contribution is 7.98. The zero-order valence-corrected chi connectivity index (χ0v) is 28.9. The molecule has 0 amide bonds. The van der Waals surface area contributed by atoms with Gasteiger partial charge in [-0.2, -0.15) is 5.10 Å². The van der Waals surface area contributed by atoms with Crippen LogP contribution in [0.4, 0.5) is 0 Å². The number of carbonyl (C=O) groups excluding carboxylic acids is 1. The van der Waals surface area contributed by atoms with Gasteiger partial charge in [0.25, 0.3) is 5.56 Å². The van der Waals surface area contributed by atoms with Crippen molar-refractivity contribution < 1.29 is 14.3 Å². The summed E-state index contributed by atoms with van der Waals surface area (Å²) >= 11 is 9.41. The third-order valence-corrected chi connectivity index (χ3v) is 9.72. The number of benzene rings is 3. The van der Waals surface area contributed by atoms with E-state index in [1.165, 1.54) is 11.3 Å². The number of aromatic nitrogens is 3. The van der Waals surface area contributed by atoms with Gasteiger partial charge in [0, 0.05) is 22.2 Å². The van der Waals surface area contributed by atoms with Crippen molar-refractivity contribution in [2.45, 2.75) is 31.7 Å². The van der Waals surface area contributed by atoms with E-state index in [1.54, 1.807) is 47.2 Å². The van der Waals surface area contributed by atoms with Crippen molar-refractivity contribution in [2.24, 2.45) is 10.9 Å². The fraction of sp³-hybridized carbons (Fsp3) is 0.222. The van der Waals surface area contributed by atoms with Gasteiger partial charge >= 0.3 is 5.97 Å². The van der Waals surface area contributed by atoms with Gasteiger partial charge in [0.05, 0.1) is 46.3 Å². The van der Waals surface area contributed by atoms with Gasteiger partial charge in [-0.25, -0.2) is 14.5 Å². The van der Waals surface area contributed by atoms with Crippen LogP contribution in [0.3, 0.4) is 0 Å². The molecule has 1 aliphatic heterocycles. The Bertz CT molecular complexity index is 2170. The number of rotatable bonds is 9. The van der Waals surface area contributed by atoms with Gasteiger partial charge in [-0.15, -0.1) is 11.8 Å². The maximum atomic E-state index is 14.4. The highest BCUT2D eigenvalue weighted by Gasteiger charge is 2.33. The smallest absolute Gasteiger partial charge is 0.338 e. The molecule has 3 aromatic carbocycles. The van der Waals surface area contributed by atoms with Crippen LogP contribution in [-0.4, -0.2) is 40.3 Å². The average molecular weight is 685 g/mol. The topological polar surface area (TPSA) is 87.7 Å². The lowest BCUT2D eigenvalue weighted by Gasteiger charge is -2.25. The number of thioether (sulfide) groups is 1. The van der Waals surface area contributed by atoms with Crippen molar-refractivity contribution in [1.29, 1.82) is 0 Å². The lowest BCUT2D eigenvalue weighted by molar-refractivity contribution is -0.140. The summed E-state index contributed by atoms with van der Waals surface area (Å²) < 4.78 is 14.9. The molecular weight excluding hydrogens is 652 g/mol. The van der Waals surface area contributed by atoms with Crippen LogP contribution in [0.25, 0.3) is 23.0 Å². The summed E-state index contributed by atoms with van der Waals surface area (Å²) in [6.45, 7) is 6.02. The Morgan fingerprint density at radius 3 is 2.51 bits per heavy atom. The first kappa shape index (κ1) is 32.6. The zero-order chi connectivity index (χ0) is 33.2. The molecule has 240 valence electrons. The molecule has 6 rings (SSSR count). The molecule has 0 aliphatic carbocycles. The second-order valence-electron chi connectivity index (χ2n) is 11.4. The Morgan fingerprint density at radius 1 is 1.11 bits per heavy atom. The van der Waals surface area contributed by atoms with Gasteiger partial charge < -0.3 is 9.47 Å². The molecule has 0 saturated heterocycles. The van der Waals surface area contributed by atoms with Crippen molar-refractivity contribution in [3.05, 3.63) is 126 Å². The summed E-state index contributed by atoms with van der Waals surface area (Å²) in [6, 6.07) is 22.4. The summed E-state index contributed by atoms with van der Waals surface area (Å²) in [7, 11) is 1.57. The van der Waals surface area contributed by atoms with Crippen LogP contribution < -0.4 is 19.6 Å². The number of thiazole rings is 1. The second-order valence-corrected chi connectivity index (χ2v) is 13.7. The number of ether oxygens (including phenoxy) is 2. The van der Waals surface area contributed by atoms with Gasteiger partial charge in [-0.05, 0) is 73.2 Å². The van der Waals surface area contributed by atoms with E-state index in [0.717, 1.165) is 21.7 Å². The van der Waals surface area contributed by atoms with Crippen LogP contribution in [0, 0.1) is 5.92 Å². The molecule has 0 N–H and O–H groups in total. The van der Waals surface area contributed by atoms with Gasteiger partial charge in [-0.3, -0.25) is 9.36 Å². The summed E-state index contributed by atoms with van der Waals surface area (Å²) in [5.41, 5.74) is 4.40. The molecular formula is C36H33ClN4O4S2. The van der Waals surface area contributed by atoms with E-state index < -0.39 is 12.0 Å². The molecule has 0 saturated carbocycles. The minimum absolute atomic E-state index is 0.159. The Morgan fingerprint density at radius 2 is 1.85 bits per heavy atom. The van der Waals surface area contributed by atoms with E-state index in [-0.39, 0.29) is 18.1 Å². The van der Waals surface area contributed by atoms with Crippen LogP contribution in [0.1, 0.15) is 37.9 Å². The fourth-order valence-electron chi connectivity index (χ4n) is 5.39. The Labute approximate surface area is 285 Å². The summed E-state index contributed by atoms with van der Waals surface area (Å²) in [5, 5.41) is 5.35.